The molecule has 0 aliphatic rings. The smallest absolute Gasteiger partial charge is 0.324 e. The summed E-state index contributed by atoms with van der Waals surface area (Å²) in [4.78, 5) is 53.6. The predicted octanol–water partition coefficient (Wildman–Crippen LogP) is 4.19. The normalized spacial score (nSPS) is 14.8. The third-order valence-corrected chi connectivity index (χ3v) is 5.46. The molecule has 0 saturated heterocycles. The molecule has 1 radical (unpaired) electrons. The van der Waals surface area contributed by atoms with Gasteiger partial charge in [-0.25, -0.2) is 0 Å². The highest BCUT2D eigenvalue weighted by molar-refractivity contribution is 6.09. The van der Waals surface area contributed by atoms with Gasteiger partial charge < -0.3 is 18.9 Å². The van der Waals surface area contributed by atoms with E-state index in [2.05, 4.69) is 0 Å². The molecule has 0 aromatic carbocycles. The molecule has 0 N–H and O–H groups in total. The molecule has 0 fully saturated rings. The van der Waals surface area contributed by atoms with Crippen LogP contribution < -0.4 is 0 Å². The Balaban J connectivity index is 7.08. The molecule has 0 amide bonds. The summed E-state index contributed by atoms with van der Waals surface area (Å²) < 4.78 is 21.5. The van der Waals surface area contributed by atoms with E-state index < -0.39 is 34.7 Å². The van der Waals surface area contributed by atoms with Crippen molar-refractivity contribution >= 4 is 23.9 Å². The van der Waals surface area contributed by atoms with Crippen molar-refractivity contribution in [2.45, 2.75) is 87.0 Å². The van der Waals surface area contributed by atoms with Gasteiger partial charge in [-0.2, -0.15) is 0 Å². The maximum atomic E-state index is 13.6. The second-order valence-corrected chi connectivity index (χ2v) is 7.67. The van der Waals surface area contributed by atoms with Crippen LogP contribution in [0, 0.1) is 16.7 Å². The van der Waals surface area contributed by atoms with Gasteiger partial charge in [-0.3, -0.25) is 19.2 Å². The lowest BCUT2D eigenvalue weighted by Crippen LogP contribution is -2.62. The van der Waals surface area contributed by atoms with E-state index in [-0.39, 0.29) is 45.2 Å². The molecule has 185 valence electrons. The Labute approximate surface area is 192 Å². The van der Waals surface area contributed by atoms with Crippen LogP contribution >= 0.6 is 0 Å². The molecule has 0 saturated carbocycles. The highest BCUT2D eigenvalue weighted by Crippen LogP contribution is 2.55. The first-order valence-corrected chi connectivity index (χ1v) is 11.7. The van der Waals surface area contributed by atoms with Crippen molar-refractivity contribution in [2.24, 2.45) is 10.8 Å². The summed E-state index contributed by atoms with van der Waals surface area (Å²) in [7, 11) is 0. The van der Waals surface area contributed by atoms with Crippen LogP contribution in [0.3, 0.4) is 0 Å². The number of carbonyl (C=O) groups is 4. The van der Waals surface area contributed by atoms with Gasteiger partial charge in [0.05, 0.1) is 32.3 Å². The highest BCUT2D eigenvalue weighted by Gasteiger charge is 2.70. The standard InChI is InChI=1S/C24H41O8/c1-8-14-24(21(27)29-13-6,22(28)32-17-11-4)23(12-5,20(26)31-16-10-3)18(7)19(25)30-15-9-2/h8-17H2,1-7H3. The first kappa shape index (κ1) is 29.9. The van der Waals surface area contributed by atoms with Crippen molar-refractivity contribution in [3.8, 4) is 0 Å². The Hall–Kier alpha value is -2.12. The number of rotatable bonds is 16. The van der Waals surface area contributed by atoms with Gasteiger partial charge in [-0.1, -0.05) is 41.0 Å². The van der Waals surface area contributed by atoms with Crippen molar-refractivity contribution in [2.75, 3.05) is 26.4 Å². The quantitative estimate of drug-likeness (QED) is 0.193. The molecular formula is C24H41O8. The fourth-order valence-corrected chi connectivity index (χ4v) is 3.95. The van der Waals surface area contributed by atoms with Crippen molar-refractivity contribution in [1.29, 1.82) is 0 Å². The molecule has 0 aliphatic heterocycles. The van der Waals surface area contributed by atoms with E-state index in [1.807, 2.05) is 20.8 Å². The fraction of sp³-hybridized carbons (Fsp3) is 0.792. The summed E-state index contributed by atoms with van der Waals surface area (Å²) in [5.74, 6) is -3.44. The third-order valence-electron chi connectivity index (χ3n) is 5.46. The van der Waals surface area contributed by atoms with Gasteiger partial charge in [0, 0.05) is 0 Å². The fourth-order valence-electron chi connectivity index (χ4n) is 3.95. The lowest BCUT2D eigenvalue weighted by Gasteiger charge is -2.46. The second kappa shape index (κ2) is 14.9. The molecule has 2 atom stereocenters. The van der Waals surface area contributed by atoms with E-state index in [1.54, 1.807) is 20.8 Å². The SMILES string of the molecule is CCCOC(=O)[C](C)C(CC)(C(=O)OCCC)C(CCC)(C(=O)OCC)C(=O)OCCC. The Kier molecular flexibility index (Phi) is 13.9. The number of hydrogen-bond acceptors (Lipinski definition) is 8. The first-order chi connectivity index (χ1) is 15.2. The molecule has 8 heteroatoms. The second-order valence-electron chi connectivity index (χ2n) is 7.67. The summed E-state index contributed by atoms with van der Waals surface area (Å²) in [5, 5.41) is 0. The van der Waals surface area contributed by atoms with Crippen LogP contribution in [-0.4, -0.2) is 50.3 Å². The summed E-state index contributed by atoms with van der Waals surface area (Å²) in [5.41, 5.74) is -4.01. The molecule has 0 aliphatic carbocycles. The van der Waals surface area contributed by atoms with E-state index in [9.17, 15) is 19.2 Å². The van der Waals surface area contributed by atoms with E-state index in [1.165, 1.54) is 6.92 Å². The lowest BCUT2D eigenvalue weighted by atomic mass is 9.54. The summed E-state index contributed by atoms with van der Waals surface area (Å²) in [6.07, 6.45) is 1.89. The zero-order chi connectivity index (χ0) is 24.8. The lowest BCUT2D eigenvalue weighted by molar-refractivity contribution is -0.196. The average Bonchev–Trinajstić information content (AvgIpc) is 2.79. The molecule has 8 nitrogen and oxygen atoms in total. The van der Waals surface area contributed by atoms with E-state index >= 15 is 0 Å². The summed E-state index contributed by atoms with van der Waals surface area (Å²) >= 11 is 0. The first-order valence-electron chi connectivity index (χ1n) is 11.7. The molecule has 0 spiro atoms. The largest absolute Gasteiger partial charge is 0.465 e. The molecule has 0 aromatic heterocycles. The molecule has 0 heterocycles. The van der Waals surface area contributed by atoms with Crippen LogP contribution in [0.15, 0.2) is 0 Å². The average molecular weight is 458 g/mol. The number of carbonyl (C=O) groups excluding carboxylic acids is 4. The van der Waals surface area contributed by atoms with Crippen LogP contribution in [0.4, 0.5) is 0 Å². The van der Waals surface area contributed by atoms with Gasteiger partial charge in [0.1, 0.15) is 5.41 Å². The Morgan fingerprint density at radius 3 is 1.44 bits per heavy atom. The van der Waals surface area contributed by atoms with Crippen molar-refractivity contribution in [1.82, 2.24) is 0 Å². The number of esters is 4. The maximum Gasteiger partial charge on any atom is 0.324 e. The van der Waals surface area contributed by atoms with Crippen LogP contribution in [0.25, 0.3) is 0 Å². The van der Waals surface area contributed by atoms with Gasteiger partial charge in [0.15, 0.2) is 5.41 Å². The predicted molar refractivity (Wildman–Crippen MR) is 119 cm³/mol. The minimum atomic E-state index is -2.08. The van der Waals surface area contributed by atoms with E-state index in [4.69, 9.17) is 18.9 Å². The number of hydrogen-bond donors (Lipinski definition) is 0. The minimum absolute atomic E-state index is 0.00547. The van der Waals surface area contributed by atoms with Gasteiger partial charge in [-0.05, 0) is 46.0 Å². The highest BCUT2D eigenvalue weighted by atomic mass is 16.6. The van der Waals surface area contributed by atoms with E-state index in [0.717, 1.165) is 0 Å². The zero-order valence-electron chi connectivity index (χ0n) is 20.8. The van der Waals surface area contributed by atoms with Gasteiger partial charge >= 0.3 is 23.9 Å². The van der Waals surface area contributed by atoms with Crippen molar-refractivity contribution in [3.05, 3.63) is 5.92 Å². The topological polar surface area (TPSA) is 105 Å². The van der Waals surface area contributed by atoms with Crippen LogP contribution in [0.1, 0.15) is 87.0 Å². The molecule has 32 heavy (non-hydrogen) atoms. The molecular weight excluding hydrogens is 416 g/mol. The Morgan fingerprint density at radius 2 is 1.03 bits per heavy atom. The van der Waals surface area contributed by atoms with Crippen LogP contribution in [-0.2, 0) is 38.1 Å². The van der Waals surface area contributed by atoms with Crippen LogP contribution in [0.2, 0.25) is 0 Å². The molecule has 0 bridgehead atoms. The Morgan fingerprint density at radius 1 is 0.594 bits per heavy atom. The molecule has 2 unspecified atom stereocenters. The third kappa shape index (κ3) is 6.23. The van der Waals surface area contributed by atoms with Gasteiger partial charge in [0.25, 0.3) is 0 Å². The molecule has 0 aromatic rings. The van der Waals surface area contributed by atoms with E-state index in [0.29, 0.717) is 25.7 Å². The summed E-state index contributed by atoms with van der Waals surface area (Å²) in [6.45, 7) is 12.2. The van der Waals surface area contributed by atoms with Crippen molar-refractivity contribution in [3.63, 3.8) is 0 Å². The summed E-state index contributed by atoms with van der Waals surface area (Å²) in [6, 6.07) is 0. The maximum absolute atomic E-state index is 13.6. The monoisotopic (exact) mass is 457 g/mol. The molecule has 0 rings (SSSR count). The van der Waals surface area contributed by atoms with Crippen molar-refractivity contribution < 1.29 is 38.1 Å². The van der Waals surface area contributed by atoms with Gasteiger partial charge in [-0.15, -0.1) is 0 Å². The number of ether oxygens (including phenoxy) is 4. The Bertz CT molecular complexity index is 617. The van der Waals surface area contributed by atoms with Crippen LogP contribution in [0.5, 0.6) is 0 Å². The zero-order valence-corrected chi connectivity index (χ0v) is 20.8. The van der Waals surface area contributed by atoms with Gasteiger partial charge in [0.2, 0.25) is 0 Å². The minimum Gasteiger partial charge on any atom is -0.465 e.